The first-order chi connectivity index (χ1) is 11.6. The zero-order valence-electron chi connectivity index (χ0n) is 15.8. The zero-order chi connectivity index (χ0) is 17.0. The predicted octanol–water partition coefficient (Wildman–Crippen LogP) is 2.32. The average molecular weight is 335 g/mol. The van der Waals surface area contributed by atoms with Gasteiger partial charge in [0, 0.05) is 39.0 Å². The highest BCUT2D eigenvalue weighted by molar-refractivity contribution is 5.06. The minimum atomic E-state index is 0.546. The van der Waals surface area contributed by atoms with E-state index in [1.807, 2.05) is 0 Å². The molecule has 1 spiro atoms. The summed E-state index contributed by atoms with van der Waals surface area (Å²) in [6.07, 6.45) is 5.33. The smallest absolute Gasteiger partial charge is 0.0596 e. The lowest BCUT2D eigenvalue weighted by atomic mass is 9.79. The number of rotatable bonds is 7. The van der Waals surface area contributed by atoms with Crippen molar-refractivity contribution in [2.24, 2.45) is 5.41 Å². The summed E-state index contributed by atoms with van der Waals surface area (Å²) < 4.78 is 7.42. The molecule has 136 valence electrons. The Morgan fingerprint density at radius 2 is 1.88 bits per heavy atom. The molecule has 3 rings (SSSR count). The van der Waals surface area contributed by atoms with Crippen LogP contribution in [0.4, 0.5) is 0 Å². The molecular formula is C19H34N4O. The van der Waals surface area contributed by atoms with Crippen LogP contribution in [-0.2, 0) is 11.3 Å². The fourth-order valence-electron chi connectivity index (χ4n) is 4.62. The summed E-state index contributed by atoms with van der Waals surface area (Å²) >= 11 is 0. The van der Waals surface area contributed by atoms with E-state index in [-0.39, 0.29) is 0 Å². The molecule has 0 aliphatic carbocycles. The number of aryl methyl sites for hydroxylation is 3. The van der Waals surface area contributed by atoms with Crippen molar-refractivity contribution in [3.8, 4) is 0 Å². The van der Waals surface area contributed by atoms with E-state index < -0.39 is 0 Å². The van der Waals surface area contributed by atoms with Gasteiger partial charge in [-0.3, -0.25) is 4.68 Å². The van der Waals surface area contributed by atoms with Crippen LogP contribution in [0.3, 0.4) is 0 Å². The molecule has 0 N–H and O–H groups in total. The Labute approximate surface area is 146 Å². The second-order valence-electron chi connectivity index (χ2n) is 7.90. The van der Waals surface area contributed by atoms with Crippen molar-refractivity contribution in [1.82, 2.24) is 19.6 Å². The molecule has 0 unspecified atom stereocenters. The van der Waals surface area contributed by atoms with Crippen molar-refractivity contribution < 1.29 is 4.74 Å². The number of methoxy groups -OCH3 is 1. The fourth-order valence-corrected chi connectivity index (χ4v) is 4.62. The topological polar surface area (TPSA) is 33.5 Å². The summed E-state index contributed by atoms with van der Waals surface area (Å²) in [5, 5.41) is 4.58. The van der Waals surface area contributed by atoms with E-state index in [4.69, 9.17) is 4.74 Å². The van der Waals surface area contributed by atoms with Crippen LogP contribution < -0.4 is 0 Å². The van der Waals surface area contributed by atoms with Crippen LogP contribution >= 0.6 is 0 Å². The molecule has 2 saturated heterocycles. The third-order valence-corrected chi connectivity index (χ3v) is 5.82. The number of likely N-dealkylation sites (tertiary alicyclic amines) is 2. The number of piperidine rings is 1. The highest BCUT2D eigenvalue weighted by Gasteiger charge is 2.40. The Morgan fingerprint density at radius 1 is 1.08 bits per heavy atom. The summed E-state index contributed by atoms with van der Waals surface area (Å²) in [5.74, 6) is 0. The zero-order valence-corrected chi connectivity index (χ0v) is 15.8. The van der Waals surface area contributed by atoms with Crippen molar-refractivity contribution in [3.63, 3.8) is 0 Å². The Morgan fingerprint density at radius 3 is 2.58 bits per heavy atom. The first-order valence-corrected chi connectivity index (χ1v) is 9.55. The van der Waals surface area contributed by atoms with Crippen LogP contribution in [0.5, 0.6) is 0 Å². The van der Waals surface area contributed by atoms with E-state index in [9.17, 15) is 0 Å². The average Bonchev–Trinajstić information content (AvgIpc) is 3.09. The SMILES string of the molecule is COCCN1CCC[C@@]2(CCN(CCCn3nc(C)cc3C)C2)C1. The number of ether oxygens (including phenoxy) is 1. The van der Waals surface area contributed by atoms with Gasteiger partial charge in [0.05, 0.1) is 12.3 Å². The minimum Gasteiger partial charge on any atom is -0.383 e. The van der Waals surface area contributed by atoms with E-state index in [1.54, 1.807) is 7.11 Å². The Kier molecular flexibility index (Phi) is 5.95. The molecule has 0 bridgehead atoms. The normalized spacial score (nSPS) is 25.8. The molecule has 0 saturated carbocycles. The Bertz CT molecular complexity index is 529. The molecule has 1 aromatic heterocycles. The van der Waals surface area contributed by atoms with E-state index in [0.29, 0.717) is 5.41 Å². The molecule has 1 atom stereocenters. The largest absolute Gasteiger partial charge is 0.383 e. The molecule has 5 nitrogen and oxygen atoms in total. The first kappa shape index (κ1) is 17.9. The standard InChI is InChI=1S/C19H34N4O/c1-17-14-18(2)23(20-17)10-5-9-21-11-7-19(15-21)6-4-8-22(16-19)12-13-24-3/h14H,4-13,15-16H2,1-3H3/t19-/m0/s1. The third-order valence-electron chi connectivity index (χ3n) is 5.82. The molecule has 24 heavy (non-hydrogen) atoms. The van der Waals surface area contributed by atoms with E-state index >= 15 is 0 Å². The van der Waals surface area contributed by atoms with Gasteiger partial charge in [-0.25, -0.2) is 0 Å². The van der Waals surface area contributed by atoms with E-state index in [2.05, 4.69) is 39.5 Å². The summed E-state index contributed by atoms with van der Waals surface area (Å²) in [6.45, 7) is 13.5. The lowest BCUT2D eigenvalue weighted by Crippen LogP contribution is -2.45. The van der Waals surface area contributed by atoms with Gasteiger partial charge in [-0.05, 0) is 70.6 Å². The van der Waals surface area contributed by atoms with Crippen molar-refractivity contribution in [2.75, 3.05) is 53.0 Å². The minimum absolute atomic E-state index is 0.546. The predicted molar refractivity (Wildman–Crippen MR) is 97.4 cm³/mol. The second kappa shape index (κ2) is 7.98. The van der Waals surface area contributed by atoms with Gasteiger partial charge in [-0.15, -0.1) is 0 Å². The van der Waals surface area contributed by atoms with Gasteiger partial charge in [0.1, 0.15) is 0 Å². The van der Waals surface area contributed by atoms with Crippen LogP contribution in [-0.4, -0.2) is 72.6 Å². The number of aromatic nitrogens is 2. The van der Waals surface area contributed by atoms with Gasteiger partial charge in [-0.2, -0.15) is 5.10 Å². The van der Waals surface area contributed by atoms with Crippen LogP contribution in [0.1, 0.15) is 37.1 Å². The molecule has 5 heteroatoms. The number of hydrogen-bond acceptors (Lipinski definition) is 4. The maximum atomic E-state index is 5.26. The highest BCUT2D eigenvalue weighted by atomic mass is 16.5. The summed E-state index contributed by atoms with van der Waals surface area (Å²) in [7, 11) is 1.81. The quantitative estimate of drug-likeness (QED) is 0.766. The van der Waals surface area contributed by atoms with Crippen LogP contribution in [0.2, 0.25) is 0 Å². The summed E-state index contributed by atoms with van der Waals surface area (Å²) in [6, 6.07) is 2.17. The van der Waals surface area contributed by atoms with Gasteiger partial charge < -0.3 is 14.5 Å². The molecule has 2 aliphatic rings. The van der Waals surface area contributed by atoms with E-state index in [1.165, 1.54) is 64.1 Å². The molecule has 0 aromatic carbocycles. The number of nitrogens with zero attached hydrogens (tertiary/aromatic N) is 4. The summed E-state index contributed by atoms with van der Waals surface area (Å²) in [5.41, 5.74) is 2.96. The molecule has 2 aliphatic heterocycles. The first-order valence-electron chi connectivity index (χ1n) is 9.55. The summed E-state index contributed by atoms with van der Waals surface area (Å²) in [4.78, 5) is 5.30. The van der Waals surface area contributed by atoms with E-state index in [0.717, 1.165) is 25.4 Å². The third kappa shape index (κ3) is 4.38. The Hall–Kier alpha value is -0.910. The van der Waals surface area contributed by atoms with Gasteiger partial charge in [0.25, 0.3) is 0 Å². The molecular weight excluding hydrogens is 300 g/mol. The maximum Gasteiger partial charge on any atom is 0.0596 e. The molecule has 1 aromatic rings. The molecule has 0 amide bonds. The number of hydrogen-bond donors (Lipinski definition) is 0. The van der Waals surface area contributed by atoms with Gasteiger partial charge >= 0.3 is 0 Å². The monoisotopic (exact) mass is 334 g/mol. The Balaban J connectivity index is 1.44. The lowest BCUT2D eigenvalue weighted by Gasteiger charge is -2.40. The van der Waals surface area contributed by atoms with Crippen LogP contribution in [0.15, 0.2) is 6.07 Å². The molecule has 3 heterocycles. The van der Waals surface area contributed by atoms with Gasteiger partial charge in [0.2, 0.25) is 0 Å². The molecule has 0 radical (unpaired) electrons. The lowest BCUT2D eigenvalue weighted by molar-refractivity contribution is 0.0677. The van der Waals surface area contributed by atoms with Crippen LogP contribution in [0.25, 0.3) is 0 Å². The highest BCUT2D eigenvalue weighted by Crippen LogP contribution is 2.38. The fraction of sp³-hybridized carbons (Fsp3) is 0.842. The molecule has 2 fully saturated rings. The van der Waals surface area contributed by atoms with Crippen molar-refractivity contribution in [2.45, 2.75) is 46.1 Å². The van der Waals surface area contributed by atoms with Crippen molar-refractivity contribution in [1.29, 1.82) is 0 Å². The maximum absolute atomic E-state index is 5.26. The van der Waals surface area contributed by atoms with Gasteiger partial charge in [-0.1, -0.05) is 0 Å². The van der Waals surface area contributed by atoms with Crippen LogP contribution in [0, 0.1) is 19.3 Å². The van der Waals surface area contributed by atoms with Crippen molar-refractivity contribution >= 4 is 0 Å². The second-order valence-corrected chi connectivity index (χ2v) is 7.90. The van der Waals surface area contributed by atoms with Gasteiger partial charge in [0.15, 0.2) is 0 Å². The van der Waals surface area contributed by atoms with Crippen molar-refractivity contribution in [3.05, 3.63) is 17.5 Å².